The van der Waals surface area contributed by atoms with Crippen LogP contribution >= 0.6 is 27.7 Å². The largest absolute Gasteiger partial charge is 0.396 e. The van der Waals surface area contributed by atoms with Gasteiger partial charge in [-0.05, 0) is 35.2 Å². The molecule has 1 aromatic rings. The SMILES string of the molecule is OCCCSc1cc(Br)nc(C2CC2)n1. The van der Waals surface area contributed by atoms with Crippen molar-refractivity contribution in [1.29, 1.82) is 0 Å². The first kappa shape index (κ1) is 11.4. The number of nitrogens with zero attached hydrogens (tertiary/aromatic N) is 2. The maximum atomic E-state index is 8.70. The molecule has 0 radical (unpaired) electrons. The molecule has 0 atom stereocenters. The molecule has 1 aromatic heterocycles. The highest BCUT2D eigenvalue weighted by atomic mass is 79.9. The van der Waals surface area contributed by atoms with Crippen molar-refractivity contribution in [2.45, 2.75) is 30.2 Å². The molecule has 1 aliphatic rings. The van der Waals surface area contributed by atoms with Crippen LogP contribution in [-0.2, 0) is 0 Å². The number of hydrogen-bond acceptors (Lipinski definition) is 4. The van der Waals surface area contributed by atoms with E-state index in [1.54, 1.807) is 11.8 Å². The van der Waals surface area contributed by atoms with Crippen LogP contribution < -0.4 is 0 Å². The molecule has 1 fully saturated rings. The van der Waals surface area contributed by atoms with Gasteiger partial charge in [0.25, 0.3) is 0 Å². The molecular formula is C10H13BrN2OS. The third kappa shape index (κ3) is 3.43. The Balaban J connectivity index is 2.02. The second kappa shape index (κ2) is 5.27. The van der Waals surface area contributed by atoms with Crippen LogP contribution in [0.1, 0.15) is 31.0 Å². The van der Waals surface area contributed by atoms with Crippen LogP contribution in [0.5, 0.6) is 0 Å². The molecule has 0 spiro atoms. The Hall–Kier alpha value is -0.130. The fourth-order valence-corrected chi connectivity index (χ4v) is 2.64. The Morgan fingerprint density at radius 3 is 2.93 bits per heavy atom. The fourth-order valence-electron chi connectivity index (χ4n) is 1.25. The summed E-state index contributed by atoms with van der Waals surface area (Å²) < 4.78 is 0.867. The lowest BCUT2D eigenvalue weighted by atomic mass is 10.4. The first-order valence-corrected chi connectivity index (χ1v) is 6.85. The fraction of sp³-hybridized carbons (Fsp3) is 0.600. The van der Waals surface area contributed by atoms with Gasteiger partial charge in [-0.1, -0.05) is 0 Å². The van der Waals surface area contributed by atoms with Gasteiger partial charge in [0, 0.05) is 24.3 Å². The molecule has 1 saturated carbocycles. The molecule has 0 saturated heterocycles. The summed E-state index contributed by atoms with van der Waals surface area (Å²) in [5.41, 5.74) is 0. The molecular weight excluding hydrogens is 276 g/mol. The Bertz CT molecular complexity index is 344. The average Bonchev–Trinajstić information content (AvgIpc) is 3.00. The van der Waals surface area contributed by atoms with Crippen LogP contribution in [0.2, 0.25) is 0 Å². The number of thioether (sulfide) groups is 1. The van der Waals surface area contributed by atoms with E-state index in [0.29, 0.717) is 5.92 Å². The maximum Gasteiger partial charge on any atom is 0.134 e. The zero-order valence-electron chi connectivity index (χ0n) is 8.32. The second-order valence-corrected chi connectivity index (χ2v) is 5.51. The van der Waals surface area contributed by atoms with Gasteiger partial charge in [-0.15, -0.1) is 11.8 Å². The zero-order valence-corrected chi connectivity index (χ0v) is 10.7. The standard InChI is InChI=1S/C10H13BrN2OS/c11-8-6-9(15-5-1-4-14)13-10(12-8)7-2-3-7/h6-7,14H,1-5H2. The minimum absolute atomic E-state index is 0.245. The van der Waals surface area contributed by atoms with Gasteiger partial charge in [0.2, 0.25) is 0 Å². The maximum absolute atomic E-state index is 8.70. The molecule has 2 rings (SSSR count). The smallest absolute Gasteiger partial charge is 0.134 e. The molecule has 3 nitrogen and oxygen atoms in total. The van der Waals surface area contributed by atoms with Gasteiger partial charge in [-0.2, -0.15) is 0 Å². The van der Waals surface area contributed by atoms with Crippen molar-refractivity contribution in [3.05, 3.63) is 16.5 Å². The number of aliphatic hydroxyl groups is 1. The highest BCUT2D eigenvalue weighted by Gasteiger charge is 2.27. The predicted molar refractivity (Wildman–Crippen MR) is 64.1 cm³/mol. The minimum atomic E-state index is 0.245. The van der Waals surface area contributed by atoms with Gasteiger partial charge >= 0.3 is 0 Å². The van der Waals surface area contributed by atoms with Crippen molar-refractivity contribution < 1.29 is 5.11 Å². The third-order valence-electron chi connectivity index (χ3n) is 2.18. The first-order chi connectivity index (χ1) is 7.29. The van der Waals surface area contributed by atoms with E-state index in [1.165, 1.54) is 12.8 Å². The number of halogens is 1. The van der Waals surface area contributed by atoms with Crippen LogP contribution in [0.15, 0.2) is 15.7 Å². The summed E-state index contributed by atoms with van der Waals surface area (Å²) >= 11 is 5.08. The normalized spacial score (nSPS) is 15.6. The summed E-state index contributed by atoms with van der Waals surface area (Å²) in [6.07, 6.45) is 3.25. The Kier molecular flexibility index (Phi) is 3.99. The van der Waals surface area contributed by atoms with Crippen LogP contribution in [0.3, 0.4) is 0 Å². The summed E-state index contributed by atoms with van der Waals surface area (Å²) in [5.74, 6) is 2.46. The van der Waals surface area contributed by atoms with E-state index < -0.39 is 0 Å². The van der Waals surface area contributed by atoms with Gasteiger partial charge in [0.15, 0.2) is 0 Å². The average molecular weight is 289 g/mol. The van der Waals surface area contributed by atoms with Crippen molar-refractivity contribution >= 4 is 27.7 Å². The molecule has 0 amide bonds. The minimum Gasteiger partial charge on any atom is -0.396 e. The quantitative estimate of drug-likeness (QED) is 0.514. The van der Waals surface area contributed by atoms with Crippen LogP contribution in [0.25, 0.3) is 0 Å². The Morgan fingerprint density at radius 2 is 2.27 bits per heavy atom. The molecule has 0 aromatic carbocycles. The van der Waals surface area contributed by atoms with Crippen molar-refractivity contribution in [2.24, 2.45) is 0 Å². The summed E-state index contributed by atoms with van der Waals surface area (Å²) in [7, 11) is 0. The molecule has 0 unspecified atom stereocenters. The van der Waals surface area contributed by atoms with E-state index in [4.69, 9.17) is 5.11 Å². The van der Waals surface area contributed by atoms with Crippen molar-refractivity contribution in [3.8, 4) is 0 Å². The van der Waals surface area contributed by atoms with E-state index in [2.05, 4.69) is 25.9 Å². The second-order valence-electron chi connectivity index (χ2n) is 3.59. The van der Waals surface area contributed by atoms with E-state index in [1.807, 2.05) is 6.07 Å². The van der Waals surface area contributed by atoms with Crippen molar-refractivity contribution in [1.82, 2.24) is 9.97 Å². The molecule has 0 bridgehead atoms. The number of aliphatic hydroxyl groups excluding tert-OH is 1. The molecule has 15 heavy (non-hydrogen) atoms. The molecule has 0 aliphatic heterocycles. The van der Waals surface area contributed by atoms with Crippen molar-refractivity contribution in [3.63, 3.8) is 0 Å². The summed E-state index contributed by atoms with van der Waals surface area (Å²) in [5, 5.41) is 9.70. The summed E-state index contributed by atoms with van der Waals surface area (Å²) in [6.45, 7) is 0.245. The van der Waals surface area contributed by atoms with E-state index in [-0.39, 0.29) is 6.61 Å². The van der Waals surface area contributed by atoms with Gasteiger partial charge < -0.3 is 5.11 Å². The molecule has 1 heterocycles. The number of aromatic nitrogens is 2. The Morgan fingerprint density at radius 1 is 1.47 bits per heavy atom. The topological polar surface area (TPSA) is 46.0 Å². The molecule has 5 heteroatoms. The predicted octanol–water partition coefficient (Wildman–Crippen LogP) is 2.59. The first-order valence-electron chi connectivity index (χ1n) is 5.07. The lowest BCUT2D eigenvalue weighted by Gasteiger charge is -2.03. The molecule has 1 N–H and O–H groups in total. The highest BCUT2D eigenvalue weighted by molar-refractivity contribution is 9.10. The van der Waals surface area contributed by atoms with Gasteiger partial charge in [0.05, 0.1) is 0 Å². The van der Waals surface area contributed by atoms with Crippen LogP contribution in [-0.4, -0.2) is 27.4 Å². The number of hydrogen-bond donors (Lipinski definition) is 1. The lowest BCUT2D eigenvalue weighted by molar-refractivity contribution is 0.296. The molecule has 1 aliphatic carbocycles. The Labute approximate surface area is 102 Å². The third-order valence-corrected chi connectivity index (χ3v) is 3.59. The number of rotatable bonds is 5. The summed E-state index contributed by atoms with van der Waals surface area (Å²) in [4.78, 5) is 8.87. The van der Waals surface area contributed by atoms with E-state index in [0.717, 1.165) is 27.6 Å². The van der Waals surface area contributed by atoms with Crippen LogP contribution in [0.4, 0.5) is 0 Å². The van der Waals surface area contributed by atoms with Gasteiger partial charge in [-0.25, -0.2) is 9.97 Å². The molecule has 82 valence electrons. The van der Waals surface area contributed by atoms with Crippen LogP contribution in [0, 0.1) is 0 Å². The van der Waals surface area contributed by atoms with E-state index >= 15 is 0 Å². The monoisotopic (exact) mass is 288 g/mol. The summed E-state index contributed by atoms with van der Waals surface area (Å²) in [6, 6.07) is 1.94. The highest BCUT2D eigenvalue weighted by Crippen LogP contribution is 2.39. The van der Waals surface area contributed by atoms with Gasteiger partial charge in [0.1, 0.15) is 15.5 Å². The zero-order chi connectivity index (χ0) is 10.7. The lowest BCUT2D eigenvalue weighted by Crippen LogP contribution is -1.95. The van der Waals surface area contributed by atoms with Crippen molar-refractivity contribution in [2.75, 3.05) is 12.4 Å². The van der Waals surface area contributed by atoms with E-state index in [9.17, 15) is 0 Å². The van der Waals surface area contributed by atoms with Gasteiger partial charge in [-0.3, -0.25) is 0 Å².